The molecule has 0 bridgehead atoms. The first-order valence-corrected chi connectivity index (χ1v) is 23.7. The Morgan fingerprint density at radius 3 is 1.60 bits per heavy atom. The predicted octanol–water partition coefficient (Wildman–Crippen LogP) is 18.1. The average Bonchev–Trinajstić information content (AvgIpc) is 3.77. The molecule has 0 unspecified atom stereocenters. The smallest absolute Gasteiger partial charge is 0.0625 e. The van der Waals surface area contributed by atoms with Crippen LogP contribution in [0.15, 0.2) is 261 Å². The number of rotatable bonds is 8. The van der Waals surface area contributed by atoms with E-state index in [0.29, 0.717) is 0 Å². The van der Waals surface area contributed by atoms with E-state index in [1.165, 1.54) is 110 Å². The Kier molecular flexibility index (Phi) is 9.68. The zero-order chi connectivity index (χ0) is 45.0. The fourth-order valence-corrected chi connectivity index (χ4v) is 10.9. The second-order valence-electron chi connectivity index (χ2n) is 18.0. The van der Waals surface area contributed by atoms with E-state index in [1.54, 1.807) is 0 Å². The van der Waals surface area contributed by atoms with Crippen LogP contribution in [0.4, 0.5) is 11.4 Å². The molecule has 13 rings (SSSR count). The highest BCUT2D eigenvalue weighted by molar-refractivity contribution is 6.24. The second kappa shape index (κ2) is 16.6. The van der Waals surface area contributed by atoms with Gasteiger partial charge in [-0.15, -0.1) is 0 Å². The van der Waals surface area contributed by atoms with E-state index in [2.05, 4.69) is 264 Å². The topological polar surface area (TPSA) is 8.17 Å². The highest BCUT2D eigenvalue weighted by atomic mass is 15.2. The molecule has 1 aromatic heterocycles. The van der Waals surface area contributed by atoms with Gasteiger partial charge < -0.3 is 9.47 Å². The average molecular weight is 867 g/mol. The minimum atomic E-state index is 0.873. The van der Waals surface area contributed by atoms with Crippen molar-refractivity contribution >= 4 is 71.1 Å². The second-order valence-corrected chi connectivity index (χ2v) is 18.0. The van der Waals surface area contributed by atoms with E-state index in [1.807, 2.05) is 0 Å². The molecule has 12 aromatic rings. The van der Waals surface area contributed by atoms with Gasteiger partial charge in [0.15, 0.2) is 0 Å². The Morgan fingerprint density at radius 1 is 0.353 bits per heavy atom. The summed E-state index contributed by atoms with van der Waals surface area (Å²) in [6.07, 6.45) is 6.54. The quantitative estimate of drug-likeness (QED) is 0.138. The van der Waals surface area contributed by atoms with Gasteiger partial charge in [-0.05, 0) is 146 Å². The van der Waals surface area contributed by atoms with E-state index in [-0.39, 0.29) is 0 Å². The van der Waals surface area contributed by atoms with E-state index in [9.17, 15) is 0 Å². The zero-order valence-corrected chi connectivity index (χ0v) is 37.6. The van der Waals surface area contributed by atoms with Crippen molar-refractivity contribution in [3.8, 4) is 39.1 Å². The number of para-hydroxylation sites is 2. The molecule has 0 N–H and O–H groups in total. The van der Waals surface area contributed by atoms with Gasteiger partial charge in [-0.3, -0.25) is 0 Å². The number of allylic oxidation sites excluding steroid dienone is 4. The lowest BCUT2D eigenvalue weighted by Crippen LogP contribution is -2.18. The maximum atomic E-state index is 2.55. The van der Waals surface area contributed by atoms with Crippen LogP contribution in [0.1, 0.15) is 18.4 Å². The van der Waals surface area contributed by atoms with Gasteiger partial charge in [0.25, 0.3) is 0 Å². The number of anilines is 2. The molecule has 1 aliphatic rings. The van der Waals surface area contributed by atoms with Crippen molar-refractivity contribution in [1.82, 2.24) is 4.57 Å². The van der Waals surface area contributed by atoms with Crippen LogP contribution in [0.5, 0.6) is 0 Å². The van der Waals surface area contributed by atoms with Crippen molar-refractivity contribution in [2.75, 3.05) is 4.90 Å². The summed E-state index contributed by atoms with van der Waals surface area (Å²) in [5.74, 6) is 0. The summed E-state index contributed by atoms with van der Waals surface area (Å²) < 4.78 is 2.46. The van der Waals surface area contributed by atoms with Crippen LogP contribution in [0.2, 0.25) is 0 Å². The molecular weight excluding hydrogens is 821 g/mol. The third kappa shape index (κ3) is 6.81. The van der Waals surface area contributed by atoms with Gasteiger partial charge in [0, 0.05) is 38.6 Å². The molecule has 68 heavy (non-hydrogen) atoms. The predicted molar refractivity (Wildman–Crippen MR) is 290 cm³/mol. The molecule has 0 fully saturated rings. The molecule has 0 spiro atoms. The molecule has 320 valence electrons. The highest BCUT2D eigenvalue weighted by Gasteiger charge is 2.24. The van der Waals surface area contributed by atoms with E-state index in [0.717, 1.165) is 24.2 Å². The molecule has 11 aromatic carbocycles. The van der Waals surface area contributed by atoms with Crippen LogP contribution in [0, 0.1) is 0 Å². The van der Waals surface area contributed by atoms with E-state index in [4.69, 9.17) is 0 Å². The van der Waals surface area contributed by atoms with Gasteiger partial charge in [0.2, 0.25) is 0 Å². The summed E-state index contributed by atoms with van der Waals surface area (Å²) in [4.78, 5) is 2.55. The maximum Gasteiger partial charge on any atom is 0.0625 e. The number of aromatic nitrogens is 1. The Balaban J connectivity index is 1.02. The van der Waals surface area contributed by atoms with Crippen LogP contribution in [-0.4, -0.2) is 4.57 Å². The molecule has 0 atom stereocenters. The molecular formula is C66H46N2. The number of hydrogen-bond donors (Lipinski definition) is 0. The van der Waals surface area contributed by atoms with Gasteiger partial charge in [0.05, 0.1) is 16.7 Å². The van der Waals surface area contributed by atoms with Gasteiger partial charge in [-0.2, -0.15) is 0 Å². The van der Waals surface area contributed by atoms with Crippen molar-refractivity contribution < 1.29 is 0 Å². The third-order valence-corrected chi connectivity index (χ3v) is 14.0. The van der Waals surface area contributed by atoms with Gasteiger partial charge in [0.1, 0.15) is 0 Å². The van der Waals surface area contributed by atoms with Gasteiger partial charge in [-0.1, -0.05) is 188 Å². The monoisotopic (exact) mass is 866 g/mol. The molecule has 0 amide bonds. The lowest BCUT2D eigenvalue weighted by atomic mass is 9.89. The lowest BCUT2D eigenvalue weighted by Gasteiger charge is -2.32. The van der Waals surface area contributed by atoms with Crippen LogP contribution >= 0.6 is 0 Å². The van der Waals surface area contributed by atoms with Crippen LogP contribution in [0.25, 0.3) is 98.8 Å². The Labute approximate surface area is 396 Å². The molecule has 2 heteroatoms. The number of fused-ring (bicyclic) bond motifs is 8. The summed E-state index contributed by atoms with van der Waals surface area (Å²) in [6.45, 7) is 0. The maximum absolute atomic E-state index is 2.55. The first kappa shape index (κ1) is 39.6. The number of benzene rings is 11. The Bertz CT molecular complexity index is 3890. The summed E-state index contributed by atoms with van der Waals surface area (Å²) in [5.41, 5.74) is 17.1. The highest BCUT2D eigenvalue weighted by Crippen LogP contribution is 2.47. The van der Waals surface area contributed by atoms with Crippen molar-refractivity contribution in [2.45, 2.75) is 12.8 Å². The lowest BCUT2D eigenvalue weighted by molar-refractivity contribution is 0.932. The van der Waals surface area contributed by atoms with Crippen molar-refractivity contribution in [2.24, 2.45) is 0 Å². The van der Waals surface area contributed by atoms with Crippen LogP contribution < -0.4 is 4.90 Å². The molecule has 1 heterocycles. The molecule has 0 saturated heterocycles. The molecule has 0 saturated carbocycles. The normalized spacial score (nSPS) is 12.8. The first-order valence-electron chi connectivity index (χ1n) is 23.7. The zero-order valence-electron chi connectivity index (χ0n) is 37.6. The fraction of sp³-hybridized carbons (Fsp3) is 0.0303. The Morgan fingerprint density at radius 2 is 0.912 bits per heavy atom. The van der Waals surface area contributed by atoms with Crippen molar-refractivity contribution in [1.29, 1.82) is 0 Å². The SMILES string of the molecule is C1=C(c2cc(-c3ccccc3)cc(-c3ccccc3)c2)CCC(N(c2cccc(-c3cc4ccccc4c4c3c3ccccc3n4-c3ccccc3)c2)c2cc3ccccc3c3ccccc23)=C1. The van der Waals surface area contributed by atoms with Gasteiger partial charge >= 0.3 is 0 Å². The minimum Gasteiger partial charge on any atom is -0.314 e. The van der Waals surface area contributed by atoms with Crippen LogP contribution in [0.3, 0.4) is 0 Å². The number of hydrogen-bond acceptors (Lipinski definition) is 1. The summed E-state index contributed by atoms with van der Waals surface area (Å²) >= 11 is 0. The largest absolute Gasteiger partial charge is 0.314 e. The first-order chi connectivity index (χ1) is 33.7. The Hall–Kier alpha value is -8.72. The molecule has 2 nitrogen and oxygen atoms in total. The standard InChI is InChI=1S/C66H46N2/c1-4-19-45(20-5-1)51-39-52(46-21-6-2-7-22-46)41-53(40-51)47-35-37-55(38-36-47)67(64-44-50-24-10-12-29-57(50)59-31-14-15-32-60(59)64)56-28-18-25-48(42-56)62-43-49-23-11-13-30-58(49)66-65(62)61-33-16-17-34-63(61)68(66)54-26-8-3-9-27-54/h1-35,37,39-44H,36,38H2. The van der Waals surface area contributed by atoms with Crippen LogP contribution in [-0.2, 0) is 0 Å². The third-order valence-electron chi connectivity index (χ3n) is 14.0. The summed E-state index contributed by atoms with van der Waals surface area (Å²) in [6, 6.07) is 89.1. The minimum absolute atomic E-state index is 0.873. The van der Waals surface area contributed by atoms with E-state index < -0.39 is 0 Å². The van der Waals surface area contributed by atoms with Crippen molar-refractivity contribution in [3.63, 3.8) is 0 Å². The van der Waals surface area contributed by atoms with Gasteiger partial charge in [-0.25, -0.2) is 0 Å². The molecule has 1 aliphatic carbocycles. The molecule has 0 radical (unpaired) electrons. The van der Waals surface area contributed by atoms with Crippen molar-refractivity contribution in [3.05, 3.63) is 266 Å². The van der Waals surface area contributed by atoms with E-state index >= 15 is 0 Å². The fourth-order valence-electron chi connectivity index (χ4n) is 10.9. The number of nitrogens with zero attached hydrogens (tertiary/aromatic N) is 2. The molecule has 0 aliphatic heterocycles. The summed E-state index contributed by atoms with van der Waals surface area (Å²) in [5, 5.41) is 9.95. The summed E-state index contributed by atoms with van der Waals surface area (Å²) in [7, 11) is 0.